The molecule has 1 aromatic heterocycles. The van der Waals surface area contributed by atoms with Crippen LogP contribution in [0.3, 0.4) is 0 Å². The highest BCUT2D eigenvalue weighted by molar-refractivity contribution is 7.16. The molecule has 0 unspecified atom stereocenters. The van der Waals surface area contributed by atoms with Crippen molar-refractivity contribution in [2.75, 3.05) is 44.6 Å². The van der Waals surface area contributed by atoms with E-state index in [1.807, 2.05) is 13.0 Å². The Morgan fingerprint density at radius 1 is 1.17 bits per heavy atom. The molecule has 1 N–H and O–H groups in total. The summed E-state index contributed by atoms with van der Waals surface area (Å²) in [5, 5.41) is 3.39. The minimum Gasteiger partial charge on any atom is -0.462 e. The van der Waals surface area contributed by atoms with Gasteiger partial charge < -0.3 is 10.1 Å². The van der Waals surface area contributed by atoms with E-state index in [2.05, 4.69) is 15.1 Å². The third-order valence-electron chi connectivity index (χ3n) is 4.73. The fourth-order valence-electron chi connectivity index (χ4n) is 3.34. The van der Waals surface area contributed by atoms with Gasteiger partial charge in [0, 0.05) is 37.6 Å². The molecule has 1 aliphatic rings. The van der Waals surface area contributed by atoms with Gasteiger partial charge in [-0.1, -0.05) is 12.1 Å². The molecule has 0 spiro atoms. The van der Waals surface area contributed by atoms with Crippen LogP contribution in [0.5, 0.6) is 0 Å². The number of hydrogen-bond donors (Lipinski definition) is 1. The largest absolute Gasteiger partial charge is 0.462 e. The summed E-state index contributed by atoms with van der Waals surface area (Å²) >= 11 is 1.37. The number of thiophene rings is 1. The maximum Gasteiger partial charge on any atom is 0.341 e. The Balaban J connectivity index is 1.48. The lowest BCUT2D eigenvalue weighted by atomic mass is 10.2. The van der Waals surface area contributed by atoms with E-state index in [-0.39, 0.29) is 18.3 Å². The number of ether oxygens (including phenoxy) is 1. The Labute approximate surface area is 174 Å². The lowest BCUT2D eigenvalue weighted by Gasteiger charge is -2.34. The summed E-state index contributed by atoms with van der Waals surface area (Å²) in [4.78, 5) is 29.8. The molecule has 2 heterocycles. The van der Waals surface area contributed by atoms with Gasteiger partial charge in [-0.25, -0.2) is 9.18 Å². The first kappa shape index (κ1) is 21.4. The Bertz CT molecular complexity index is 863. The lowest BCUT2D eigenvalue weighted by Crippen LogP contribution is -2.48. The number of amides is 1. The number of rotatable bonds is 7. The predicted molar refractivity (Wildman–Crippen MR) is 112 cm³/mol. The van der Waals surface area contributed by atoms with Gasteiger partial charge in [0.05, 0.1) is 18.7 Å². The third-order valence-corrected chi connectivity index (χ3v) is 5.70. The average molecular weight is 420 g/mol. The minimum absolute atomic E-state index is 0.143. The normalized spacial score (nSPS) is 15.3. The number of hydrogen-bond acceptors (Lipinski definition) is 6. The molecule has 1 aliphatic heterocycles. The van der Waals surface area contributed by atoms with Crippen LogP contribution in [0.2, 0.25) is 0 Å². The van der Waals surface area contributed by atoms with Crippen LogP contribution in [-0.4, -0.2) is 61.0 Å². The third kappa shape index (κ3) is 6.09. The van der Waals surface area contributed by atoms with Crippen LogP contribution in [0.4, 0.5) is 9.39 Å². The van der Waals surface area contributed by atoms with E-state index < -0.39 is 5.97 Å². The second-order valence-corrected chi connectivity index (χ2v) is 8.31. The van der Waals surface area contributed by atoms with Gasteiger partial charge in [-0.3, -0.25) is 14.6 Å². The highest BCUT2D eigenvalue weighted by atomic mass is 32.1. The molecule has 1 amide bonds. The summed E-state index contributed by atoms with van der Waals surface area (Å²) in [7, 11) is 0. The molecule has 0 aliphatic carbocycles. The molecule has 1 aromatic carbocycles. The van der Waals surface area contributed by atoms with Gasteiger partial charge in [-0.15, -0.1) is 11.3 Å². The fraction of sp³-hybridized carbons (Fsp3) is 0.429. The maximum atomic E-state index is 13.3. The summed E-state index contributed by atoms with van der Waals surface area (Å²) in [5.41, 5.74) is 1.36. The first-order valence-corrected chi connectivity index (χ1v) is 10.5. The van der Waals surface area contributed by atoms with Crippen LogP contribution >= 0.6 is 11.3 Å². The molecule has 8 heteroatoms. The second kappa shape index (κ2) is 9.96. The number of nitrogens with one attached hydrogen (secondary N) is 1. The van der Waals surface area contributed by atoms with Crippen LogP contribution in [0.15, 0.2) is 30.3 Å². The summed E-state index contributed by atoms with van der Waals surface area (Å²) in [6, 6.07) is 8.39. The number of carbonyl (C=O) groups is 2. The molecular weight excluding hydrogens is 393 g/mol. The zero-order valence-electron chi connectivity index (χ0n) is 16.7. The van der Waals surface area contributed by atoms with Crippen molar-refractivity contribution in [1.29, 1.82) is 0 Å². The predicted octanol–water partition coefficient (Wildman–Crippen LogP) is 3.13. The first-order valence-electron chi connectivity index (χ1n) is 9.71. The van der Waals surface area contributed by atoms with E-state index in [0.717, 1.165) is 36.6 Å². The Hall–Kier alpha value is -2.29. The molecule has 0 saturated carbocycles. The maximum absolute atomic E-state index is 13.3. The quantitative estimate of drug-likeness (QED) is 0.699. The van der Waals surface area contributed by atoms with Crippen molar-refractivity contribution in [3.63, 3.8) is 0 Å². The molecular formula is C21H26FN3O3S. The molecule has 0 radical (unpaired) electrons. The first-order chi connectivity index (χ1) is 13.9. The zero-order valence-corrected chi connectivity index (χ0v) is 17.6. The van der Waals surface area contributed by atoms with E-state index in [0.29, 0.717) is 23.7 Å². The Morgan fingerprint density at radius 2 is 1.90 bits per heavy atom. The number of piperazine rings is 1. The van der Waals surface area contributed by atoms with Gasteiger partial charge in [-0.2, -0.15) is 0 Å². The van der Waals surface area contributed by atoms with Crippen molar-refractivity contribution in [3.8, 4) is 0 Å². The van der Waals surface area contributed by atoms with Gasteiger partial charge >= 0.3 is 5.97 Å². The van der Waals surface area contributed by atoms with E-state index >= 15 is 0 Å². The van der Waals surface area contributed by atoms with Crippen LogP contribution < -0.4 is 5.32 Å². The highest BCUT2D eigenvalue weighted by Crippen LogP contribution is 2.28. The van der Waals surface area contributed by atoms with Gasteiger partial charge in [0.25, 0.3) is 0 Å². The molecule has 29 heavy (non-hydrogen) atoms. The minimum atomic E-state index is -0.418. The number of nitrogens with zero attached hydrogens (tertiary/aromatic N) is 2. The van der Waals surface area contributed by atoms with Crippen molar-refractivity contribution < 1.29 is 18.7 Å². The smallest absolute Gasteiger partial charge is 0.341 e. The van der Waals surface area contributed by atoms with Gasteiger partial charge in [-0.05, 0) is 37.6 Å². The number of aryl methyl sites for hydroxylation is 1. The van der Waals surface area contributed by atoms with Crippen molar-refractivity contribution in [1.82, 2.24) is 9.80 Å². The Morgan fingerprint density at radius 3 is 2.59 bits per heavy atom. The fourth-order valence-corrected chi connectivity index (χ4v) is 4.25. The van der Waals surface area contributed by atoms with Crippen LogP contribution in [0.1, 0.15) is 27.7 Å². The average Bonchev–Trinajstić information content (AvgIpc) is 3.04. The van der Waals surface area contributed by atoms with E-state index in [1.54, 1.807) is 25.1 Å². The summed E-state index contributed by atoms with van der Waals surface area (Å²) in [5.74, 6) is -0.780. The lowest BCUT2D eigenvalue weighted by molar-refractivity contribution is -0.117. The number of anilines is 1. The monoisotopic (exact) mass is 419 g/mol. The molecule has 2 aromatic rings. The van der Waals surface area contributed by atoms with E-state index in [4.69, 9.17) is 4.74 Å². The number of carbonyl (C=O) groups excluding carboxylic acids is 2. The second-order valence-electron chi connectivity index (χ2n) is 7.05. The standard InChI is InChI=1S/C21H26FN3O3S/c1-3-28-21(27)18-11-15(2)29-20(18)23-19(26)14-25-9-7-24(8-10-25)13-16-5-4-6-17(22)12-16/h4-6,11-12H,3,7-10,13-14H2,1-2H3,(H,23,26). The van der Waals surface area contributed by atoms with E-state index in [9.17, 15) is 14.0 Å². The van der Waals surface area contributed by atoms with Gasteiger partial charge in [0.1, 0.15) is 10.8 Å². The molecule has 0 atom stereocenters. The number of halogens is 1. The van der Waals surface area contributed by atoms with Crippen molar-refractivity contribution in [3.05, 3.63) is 52.2 Å². The number of esters is 1. The molecule has 0 bridgehead atoms. The topological polar surface area (TPSA) is 61.9 Å². The molecule has 1 saturated heterocycles. The van der Waals surface area contributed by atoms with Gasteiger partial charge in [0.15, 0.2) is 0 Å². The number of benzene rings is 1. The van der Waals surface area contributed by atoms with E-state index in [1.165, 1.54) is 17.4 Å². The summed E-state index contributed by atoms with van der Waals surface area (Å²) in [6.07, 6.45) is 0. The van der Waals surface area contributed by atoms with Crippen LogP contribution in [0, 0.1) is 12.7 Å². The SMILES string of the molecule is CCOC(=O)c1cc(C)sc1NC(=O)CN1CCN(Cc2cccc(F)c2)CC1. The summed E-state index contributed by atoms with van der Waals surface area (Å²) < 4.78 is 18.4. The van der Waals surface area contributed by atoms with Crippen LogP contribution in [0.25, 0.3) is 0 Å². The molecule has 6 nitrogen and oxygen atoms in total. The highest BCUT2D eigenvalue weighted by Gasteiger charge is 2.22. The van der Waals surface area contributed by atoms with Crippen LogP contribution in [-0.2, 0) is 16.1 Å². The van der Waals surface area contributed by atoms with Gasteiger partial charge in [0.2, 0.25) is 5.91 Å². The molecule has 3 rings (SSSR count). The zero-order chi connectivity index (χ0) is 20.8. The van der Waals surface area contributed by atoms with Crippen molar-refractivity contribution >= 4 is 28.2 Å². The molecule has 1 fully saturated rings. The van der Waals surface area contributed by atoms with Crippen molar-refractivity contribution in [2.24, 2.45) is 0 Å². The van der Waals surface area contributed by atoms with Crippen molar-refractivity contribution in [2.45, 2.75) is 20.4 Å². The molecule has 156 valence electrons. The summed E-state index contributed by atoms with van der Waals surface area (Å²) in [6.45, 7) is 8.06. The Kier molecular flexibility index (Phi) is 7.35.